The molecular formula is C9H12N2O5. The maximum absolute atomic E-state index is 11.7. The molecule has 1 heterocycles. The molecule has 1 aliphatic rings. The Labute approximate surface area is 91.6 Å². The Morgan fingerprint density at radius 2 is 1.75 bits per heavy atom. The van der Waals surface area contributed by atoms with Crippen molar-refractivity contribution in [3.8, 4) is 0 Å². The van der Waals surface area contributed by atoms with Gasteiger partial charge >= 0.3 is 17.9 Å². The standard InChI is InChI=1S/C9H12N2O5/c1-3-9(4-2)7(13)15-6(12)5(10)11-16-8(9)14/h3-4H2,1-2H3,(H2,10,11). The van der Waals surface area contributed by atoms with Crippen molar-refractivity contribution in [3.63, 3.8) is 0 Å². The number of hydrogen-bond donors (Lipinski definition) is 1. The van der Waals surface area contributed by atoms with Gasteiger partial charge in [-0.2, -0.15) is 0 Å². The summed E-state index contributed by atoms with van der Waals surface area (Å²) in [6, 6.07) is 0. The zero-order valence-corrected chi connectivity index (χ0v) is 8.98. The van der Waals surface area contributed by atoms with Crippen LogP contribution >= 0.6 is 0 Å². The van der Waals surface area contributed by atoms with Crippen molar-refractivity contribution in [1.82, 2.24) is 0 Å². The molecule has 0 atom stereocenters. The number of nitrogens with zero attached hydrogens (tertiary/aromatic N) is 1. The number of ether oxygens (including phenoxy) is 1. The fourth-order valence-electron chi connectivity index (χ4n) is 1.36. The first-order chi connectivity index (χ1) is 7.47. The van der Waals surface area contributed by atoms with E-state index < -0.39 is 29.2 Å². The molecule has 0 spiro atoms. The van der Waals surface area contributed by atoms with Gasteiger partial charge in [0.05, 0.1) is 0 Å². The highest BCUT2D eigenvalue weighted by atomic mass is 16.7. The molecule has 0 aromatic rings. The van der Waals surface area contributed by atoms with E-state index in [0.717, 1.165) is 0 Å². The van der Waals surface area contributed by atoms with Crippen molar-refractivity contribution in [2.75, 3.05) is 0 Å². The van der Waals surface area contributed by atoms with Crippen LogP contribution in [0, 0.1) is 5.41 Å². The Morgan fingerprint density at radius 1 is 1.19 bits per heavy atom. The van der Waals surface area contributed by atoms with Crippen LogP contribution in [0.5, 0.6) is 0 Å². The number of amidine groups is 1. The van der Waals surface area contributed by atoms with E-state index in [-0.39, 0.29) is 12.8 Å². The van der Waals surface area contributed by atoms with Crippen LogP contribution in [0.25, 0.3) is 0 Å². The molecule has 0 radical (unpaired) electrons. The number of carbonyl (C=O) groups excluding carboxylic acids is 3. The molecular weight excluding hydrogens is 216 g/mol. The molecule has 0 saturated heterocycles. The number of hydrogen-bond acceptors (Lipinski definition) is 7. The number of nitrogens with two attached hydrogens (primary N) is 1. The van der Waals surface area contributed by atoms with Crippen LogP contribution in [-0.4, -0.2) is 23.7 Å². The molecule has 7 nitrogen and oxygen atoms in total. The molecule has 1 aliphatic heterocycles. The normalized spacial score (nSPS) is 23.6. The fourth-order valence-corrected chi connectivity index (χ4v) is 1.36. The van der Waals surface area contributed by atoms with Gasteiger partial charge in [-0.3, -0.25) is 4.79 Å². The summed E-state index contributed by atoms with van der Waals surface area (Å²) in [7, 11) is 0. The number of cyclic esters (lactones) is 2. The number of esters is 2. The van der Waals surface area contributed by atoms with Crippen molar-refractivity contribution in [1.29, 1.82) is 0 Å². The van der Waals surface area contributed by atoms with Crippen LogP contribution < -0.4 is 5.73 Å². The van der Waals surface area contributed by atoms with E-state index in [9.17, 15) is 14.4 Å². The monoisotopic (exact) mass is 228 g/mol. The maximum Gasteiger partial charge on any atom is 0.384 e. The SMILES string of the molecule is CCC1(CC)C(=O)O/N=C(/N)C(=O)OC1=O. The molecule has 0 fully saturated rings. The van der Waals surface area contributed by atoms with Crippen LogP contribution in [0.4, 0.5) is 0 Å². The summed E-state index contributed by atoms with van der Waals surface area (Å²) in [5.41, 5.74) is 3.60. The molecule has 0 aromatic heterocycles. The van der Waals surface area contributed by atoms with E-state index in [1.807, 2.05) is 0 Å². The largest absolute Gasteiger partial charge is 0.386 e. The Bertz CT molecular complexity index is 370. The maximum atomic E-state index is 11.7. The van der Waals surface area contributed by atoms with Crippen molar-refractivity contribution in [2.24, 2.45) is 16.3 Å². The Hall–Kier alpha value is -1.92. The second kappa shape index (κ2) is 4.30. The average molecular weight is 228 g/mol. The van der Waals surface area contributed by atoms with Crippen molar-refractivity contribution < 1.29 is 24.0 Å². The second-order valence-corrected chi connectivity index (χ2v) is 3.32. The lowest BCUT2D eigenvalue weighted by Gasteiger charge is -2.25. The minimum atomic E-state index is -1.49. The highest BCUT2D eigenvalue weighted by Gasteiger charge is 2.48. The predicted molar refractivity (Wildman–Crippen MR) is 51.8 cm³/mol. The van der Waals surface area contributed by atoms with Crippen LogP contribution in [0.2, 0.25) is 0 Å². The van der Waals surface area contributed by atoms with E-state index in [4.69, 9.17) is 5.73 Å². The van der Waals surface area contributed by atoms with E-state index in [2.05, 4.69) is 14.7 Å². The van der Waals surface area contributed by atoms with Crippen LogP contribution in [0.15, 0.2) is 5.16 Å². The van der Waals surface area contributed by atoms with Gasteiger partial charge in [-0.1, -0.05) is 19.0 Å². The summed E-state index contributed by atoms with van der Waals surface area (Å²) in [5.74, 6) is -3.59. The summed E-state index contributed by atoms with van der Waals surface area (Å²) in [6.45, 7) is 3.23. The molecule has 0 bridgehead atoms. The molecule has 88 valence electrons. The summed E-state index contributed by atoms with van der Waals surface area (Å²) in [5, 5.41) is 3.09. The summed E-state index contributed by atoms with van der Waals surface area (Å²) < 4.78 is 4.44. The molecule has 7 heteroatoms. The fraction of sp³-hybridized carbons (Fsp3) is 0.556. The minimum absolute atomic E-state index is 0.157. The Morgan fingerprint density at radius 3 is 2.25 bits per heavy atom. The molecule has 2 N–H and O–H groups in total. The van der Waals surface area contributed by atoms with Crippen LogP contribution in [0.1, 0.15) is 26.7 Å². The quantitative estimate of drug-likeness (QED) is 0.394. The van der Waals surface area contributed by atoms with Gasteiger partial charge in [0.25, 0.3) is 0 Å². The lowest BCUT2D eigenvalue weighted by Crippen LogP contribution is -2.45. The smallest absolute Gasteiger partial charge is 0.384 e. The average Bonchev–Trinajstić information content (AvgIpc) is 2.27. The van der Waals surface area contributed by atoms with Gasteiger partial charge in [0, 0.05) is 0 Å². The highest BCUT2D eigenvalue weighted by Crippen LogP contribution is 2.30. The van der Waals surface area contributed by atoms with E-state index >= 15 is 0 Å². The zero-order chi connectivity index (χ0) is 12.3. The van der Waals surface area contributed by atoms with Crippen molar-refractivity contribution in [3.05, 3.63) is 0 Å². The van der Waals surface area contributed by atoms with Gasteiger partial charge in [0.1, 0.15) is 0 Å². The Kier molecular flexibility index (Phi) is 3.26. The van der Waals surface area contributed by atoms with E-state index in [1.54, 1.807) is 13.8 Å². The zero-order valence-electron chi connectivity index (χ0n) is 8.98. The topological polar surface area (TPSA) is 108 Å². The first-order valence-electron chi connectivity index (χ1n) is 4.79. The van der Waals surface area contributed by atoms with Gasteiger partial charge in [-0.25, -0.2) is 9.59 Å². The van der Waals surface area contributed by atoms with Crippen molar-refractivity contribution >= 4 is 23.7 Å². The lowest BCUT2D eigenvalue weighted by atomic mass is 9.82. The van der Waals surface area contributed by atoms with Gasteiger partial charge < -0.3 is 15.3 Å². The van der Waals surface area contributed by atoms with Crippen LogP contribution in [-0.2, 0) is 24.0 Å². The summed E-state index contributed by atoms with van der Waals surface area (Å²) in [6.07, 6.45) is 0.313. The lowest BCUT2D eigenvalue weighted by molar-refractivity contribution is -0.177. The highest BCUT2D eigenvalue weighted by molar-refractivity contribution is 6.36. The first-order valence-corrected chi connectivity index (χ1v) is 4.79. The molecule has 1 rings (SSSR count). The van der Waals surface area contributed by atoms with E-state index in [1.165, 1.54) is 0 Å². The molecule has 0 amide bonds. The molecule has 0 saturated carbocycles. The van der Waals surface area contributed by atoms with Gasteiger partial charge in [0.2, 0.25) is 5.84 Å². The van der Waals surface area contributed by atoms with Crippen molar-refractivity contribution in [2.45, 2.75) is 26.7 Å². The molecule has 0 aliphatic carbocycles. The summed E-state index contributed by atoms with van der Waals surface area (Å²) in [4.78, 5) is 38.8. The minimum Gasteiger partial charge on any atom is -0.386 e. The molecule has 0 unspecified atom stereocenters. The second-order valence-electron chi connectivity index (χ2n) is 3.32. The first kappa shape index (κ1) is 12.2. The van der Waals surface area contributed by atoms with Gasteiger partial charge in [-0.05, 0) is 12.8 Å². The number of carbonyl (C=O) groups is 3. The summed E-state index contributed by atoms with van der Waals surface area (Å²) >= 11 is 0. The number of oxime groups is 1. The van der Waals surface area contributed by atoms with Gasteiger partial charge in [-0.15, -0.1) is 0 Å². The van der Waals surface area contributed by atoms with Crippen LogP contribution in [0.3, 0.4) is 0 Å². The third-order valence-corrected chi connectivity index (χ3v) is 2.61. The predicted octanol–water partition coefficient (Wildman–Crippen LogP) is -0.308. The number of rotatable bonds is 2. The van der Waals surface area contributed by atoms with E-state index in [0.29, 0.717) is 0 Å². The Balaban J connectivity index is 3.17. The third-order valence-electron chi connectivity index (χ3n) is 2.61. The molecule has 16 heavy (non-hydrogen) atoms. The van der Waals surface area contributed by atoms with Gasteiger partial charge in [0.15, 0.2) is 5.41 Å². The molecule has 0 aromatic carbocycles. The third kappa shape index (κ3) is 1.75.